The summed E-state index contributed by atoms with van der Waals surface area (Å²) in [5.74, 6) is 1.15. The molecule has 6 heavy (non-hydrogen) atoms. The Bertz CT molecular complexity index is 40.7. The molecule has 0 radical (unpaired) electrons. The fraction of sp³-hybridized carbons (Fsp3) is 1.00. The molecule has 1 aliphatic carbocycles. The molecule has 1 fully saturated rings. The van der Waals surface area contributed by atoms with Gasteiger partial charge < -0.3 is 5.11 Å². The molecule has 0 aliphatic heterocycles. The van der Waals surface area contributed by atoms with E-state index in [9.17, 15) is 0 Å². The van der Waals surface area contributed by atoms with E-state index in [-0.39, 0.29) is 6.10 Å². The fourth-order valence-electron chi connectivity index (χ4n) is 0.636. The zero-order valence-corrected chi connectivity index (χ0v) is 4.18. The highest BCUT2D eigenvalue weighted by Gasteiger charge is 2.40. The summed E-state index contributed by atoms with van der Waals surface area (Å²) in [5.41, 5.74) is 0. The molecule has 1 saturated carbocycles. The number of rotatable bonds is 0. The second-order valence-corrected chi connectivity index (χ2v) is 2.21. The summed E-state index contributed by atoms with van der Waals surface area (Å²) in [6.07, 6.45) is 0.0185. The maximum atomic E-state index is 8.70. The average Bonchev–Trinajstić information content (AvgIpc) is 1.94. The minimum absolute atomic E-state index is 0.0185. The van der Waals surface area contributed by atoms with Crippen LogP contribution in [0.3, 0.4) is 0 Å². The number of hydrogen-bond donors (Lipinski definition) is 1. The largest absolute Gasteiger partial charge is 0.393 e. The van der Waals surface area contributed by atoms with Crippen molar-refractivity contribution in [2.24, 2.45) is 11.8 Å². The molecule has 1 rings (SSSR count). The maximum absolute atomic E-state index is 8.70. The van der Waals surface area contributed by atoms with E-state index >= 15 is 0 Å². The van der Waals surface area contributed by atoms with Crippen molar-refractivity contribution in [1.29, 1.82) is 0 Å². The smallest absolute Gasteiger partial charge is 0.0598 e. The molecular weight excluding hydrogens is 76.1 g/mol. The minimum Gasteiger partial charge on any atom is -0.393 e. The van der Waals surface area contributed by atoms with Crippen molar-refractivity contribution in [2.75, 3.05) is 0 Å². The van der Waals surface area contributed by atoms with Crippen LogP contribution in [0, 0.1) is 11.8 Å². The van der Waals surface area contributed by atoms with Crippen LogP contribution in [0.5, 0.6) is 0 Å². The Balaban J connectivity index is 2.31. The van der Waals surface area contributed by atoms with Crippen LogP contribution >= 0.6 is 0 Å². The summed E-state index contributed by atoms with van der Waals surface area (Å²) in [7, 11) is 0. The van der Waals surface area contributed by atoms with E-state index in [0.717, 1.165) is 0 Å². The third-order valence-electron chi connectivity index (χ3n) is 1.77. The van der Waals surface area contributed by atoms with Crippen LogP contribution in [0.4, 0.5) is 0 Å². The van der Waals surface area contributed by atoms with Gasteiger partial charge in [0.1, 0.15) is 0 Å². The van der Waals surface area contributed by atoms with Crippen molar-refractivity contribution in [3.05, 3.63) is 0 Å². The lowest BCUT2D eigenvalue weighted by Crippen LogP contribution is -1.77. The molecule has 0 aromatic rings. The summed E-state index contributed by atoms with van der Waals surface area (Å²) in [6.45, 7) is 4.13. The van der Waals surface area contributed by atoms with Gasteiger partial charge in [0.25, 0.3) is 0 Å². The molecule has 1 aliphatic rings. The van der Waals surface area contributed by atoms with Crippen LogP contribution < -0.4 is 0 Å². The van der Waals surface area contributed by atoms with Gasteiger partial charge in [-0.2, -0.15) is 0 Å². The topological polar surface area (TPSA) is 20.2 Å². The standard InChI is InChI=1S/C5H10O/c1-3-4(2)5(3)6/h3-6H,1-2H3/t3-,4?,5?/m1/s1. The molecule has 0 aromatic heterocycles. The lowest BCUT2D eigenvalue weighted by atomic mass is 10.4. The first-order chi connectivity index (χ1) is 2.73. The highest BCUT2D eigenvalue weighted by molar-refractivity contribution is 4.90. The van der Waals surface area contributed by atoms with E-state index in [1.165, 1.54) is 0 Å². The third kappa shape index (κ3) is 0.350. The zero-order valence-electron chi connectivity index (χ0n) is 4.18. The molecule has 0 heterocycles. The maximum Gasteiger partial charge on any atom is 0.0598 e. The fourth-order valence-corrected chi connectivity index (χ4v) is 0.636. The first kappa shape index (κ1) is 4.13. The minimum atomic E-state index is 0.0185. The van der Waals surface area contributed by atoms with Gasteiger partial charge in [0.05, 0.1) is 6.10 Å². The Morgan fingerprint density at radius 1 is 1.17 bits per heavy atom. The summed E-state index contributed by atoms with van der Waals surface area (Å²) in [4.78, 5) is 0. The SMILES string of the molecule is CC1C(O)[C@@H]1C. The molecule has 36 valence electrons. The molecule has 0 spiro atoms. The quantitative estimate of drug-likeness (QED) is 0.458. The van der Waals surface area contributed by atoms with Gasteiger partial charge in [-0.15, -0.1) is 0 Å². The molecular formula is C5H10O. The molecule has 1 heteroatoms. The predicted octanol–water partition coefficient (Wildman–Crippen LogP) is 0.633. The zero-order chi connectivity index (χ0) is 4.73. The Labute approximate surface area is 38.0 Å². The second kappa shape index (κ2) is 0.969. The number of hydrogen-bond acceptors (Lipinski definition) is 1. The molecule has 2 unspecified atom stereocenters. The van der Waals surface area contributed by atoms with Gasteiger partial charge in [-0.1, -0.05) is 13.8 Å². The molecule has 3 atom stereocenters. The number of aliphatic hydroxyl groups is 1. The lowest BCUT2D eigenvalue weighted by molar-refractivity contribution is 0.252. The summed E-state index contributed by atoms with van der Waals surface area (Å²) in [5, 5.41) is 8.70. The van der Waals surface area contributed by atoms with Crippen LogP contribution in [0.1, 0.15) is 13.8 Å². The van der Waals surface area contributed by atoms with Crippen molar-refractivity contribution < 1.29 is 5.11 Å². The van der Waals surface area contributed by atoms with E-state index < -0.39 is 0 Å². The van der Waals surface area contributed by atoms with E-state index in [2.05, 4.69) is 13.8 Å². The van der Waals surface area contributed by atoms with Crippen LogP contribution in [0.15, 0.2) is 0 Å². The van der Waals surface area contributed by atoms with Crippen molar-refractivity contribution in [2.45, 2.75) is 20.0 Å². The van der Waals surface area contributed by atoms with Gasteiger partial charge in [0.2, 0.25) is 0 Å². The van der Waals surface area contributed by atoms with Gasteiger partial charge in [-0.05, 0) is 11.8 Å². The monoisotopic (exact) mass is 86.1 g/mol. The first-order valence-electron chi connectivity index (χ1n) is 2.41. The van der Waals surface area contributed by atoms with Crippen LogP contribution in [0.25, 0.3) is 0 Å². The van der Waals surface area contributed by atoms with Crippen molar-refractivity contribution in [3.8, 4) is 0 Å². The molecule has 1 N–H and O–H groups in total. The summed E-state index contributed by atoms with van der Waals surface area (Å²) < 4.78 is 0. The van der Waals surface area contributed by atoms with Crippen molar-refractivity contribution >= 4 is 0 Å². The Morgan fingerprint density at radius 2 is 1.33 bits per heavy atom. The highest BCUT2D eigenvalue weighted by atomic mass is 16.3. The Kier molecular flexibility index (Phi) is 0.667. The summed E-state index contributed by atoms with van der Waals surface area (Å²) >= 11 is 0. The van der Waals surface area contributed by atoms with Gasteiger partial charge in [0, 0.05) is 0 Å². The molecule has 0 saturated heterocycles. The van der Waals surface area contributed by atoms with Crippen LogP contribution in [-0.2, 0) is 0 Å². The lowest BCUT2D eigenvalue weighted by Gasteiger charge is -1.68. The van der Waals surface area contributed by atoms with Gasteiger partial charge >= 0.3 is 0 Å². The van der Waals surface area contributed by atoms with Crippen molar-refractivity contribution in [3.63, 3.8) is 0 Å². The molecule has 0 bridgehead atoms. The highest BCUT2D eigenvalue weighted by Crippen LogP contribution is 2.37. The Hall–Kier alpha value is -0.0400. The van der Waals surface area contributed by atoms with E-state index in [1.807, 2.05) is 0 Å². The molecule has 0 aromatic carbocycles. The van der Waals surface area contributed by atoms with E-state index in [1.54, 1.807) is 0 Å². The van der Waals surface area contributed by atoms with Crippen molar-refractivity contribution in [1.82, 2.24) is 0 Å². The third-order valence-corrected chi connectivity index (χ3v) is 1.77. The Morgan fingerprint density at radius 3 is 1.33 bits per heavy atom. The van der Waals surface area contributed by atoms with Gasteiger partial charge in [-0.3, -0.25) is 0 Å². The van der Waals surface area contributed by atoms with Gasteiger partial charge in [0.15, 0.2) is 0 Å². The van der Waals surface area contributed by atoms with E-state index in [0.29, 0.717) is 11.8 Å². The molecule has 1 nitrogen and oxygen atoms in total. The first-order valence-corrected chi connectivity index (χ1v) is 2.41. The predicted molar refractivity (Wildman–Crippen MR) is 24.3 cm³/mol. The van der Waals surface area contributed by atoms with Crippen LogP contribution in [-0.4, -0.2) is 11.2 Å². The average molecular weight is 86.1 g/mol. The van der Waals surface area contributed by atoms with E-state index in [4.69, 9.17) is 5.11 Å². The van der Waals surface area contributed by atoms with Crippen LogP contribution in [0.2, 0.25) is 0 Å². The second-order valence-electron chi connectivity index (χ2n) is 2.21. The summed E-state index contributed by atoms with van der Waals surface area (Å²) in [6, 6.07) is 0. The number of aliphatic hydroxyl groups excluding tert-OH is 1. The normalized spacial score (nSPS) is 55.5. The molecule has 0 amide bonds. The van der Waals surface area contributed by atoms with Gasteiger partial charge in [-0.25, -0.2) is 0 Å².